The van der Waals surface area contributed by atoms with Gasteiger partial charge < -0.3 is 4.74 Å². The number of benzene rings is 2. The molecule has 0 aliphatic carbocycles. The Kier molecular flexibility index (Phi) is 5.93. The lowest BCUT2D eigenvalue weighted by Gasteiger charge is -2.29. The van der Waals surface area contributed by atoms with Gasteiger partial charge in [0.25, 0.3) is 0 Å². The SMILES string of the molecule is C=CC/C(C(=O)OC)=C(/c1ccccc1)[Si](C)(C)c1ccccc1. The largest absolute Gasteiger partial charge is 0.466 e. The van der Waals surface area contributed by atoms with E-state index in [9.17, 15) is 4.79 Å². The fourth-order valence-electron chi connectivity index (χ4n) is 3.07. The molecule has 24 heavy (non-hydrogen) atoms. The molecule has 3 heteroatoms. The van der Waals surface area contributed by atoms with E-state index >= 15 is 0 Å². The molecule has 0 fully saturated rings. The van der Waals surface area contributed by atoms with Crippen molar-refractivity contribution in [1.29, 1.82) is 0 Å². The van der Waals surface area contributed by atoms with E-state index in [2.05, 4.69) is 56.1 Å². The van der Waals surface area contributed by atoms with Crippen molar-refractivity contribution in [3.05, 3.63) is 84.5 Å². The van der Waals surface area contributed by atoms with E-state index in [4.69, 9.17) is 4.74 Å². The summed E-state index contributed by atoms with van der Waals surface area (Å²) in [5.74, 6) is -0.273. The predicted molar refractivity (Wildman–Crippen MR) is 104 cm³/mol. The van der Waals surface area contributed by atoms with Gasteiger partial charge in [0, 0.05) is 5.57 Å². The van der Waals surface area contributed by atoms with E-state index in [1.807, 2.05) is 24.3 Å². The normalized spacial score (nSPS) is 12.3. The molecule has 0 bridgehead atoms. The number of allylic oxidation sites excluding steroid dienone is 1. The summed E-state index contributed by atoms with van der Waals surface area (Å²) in [7, 11) is -0.662. The number of esters is 1. The Hall–Kier alpha value is -2.39. The maximum Gasteiger partial charge on any atom is 0.333 e. The Balaban J connectivity index is 2.76. The average molecular weight is 337 g/mol. The van der Waals surface area contributed by atoms with Crippen LogP contribution in [0, 0.1) is 0 Å². The highest BCUT2D eigenvalue weighted by atomic mass is 28.3. The van der Waals surface area contributed by atoms with Crippen LogP contribution in [0.5, 0.6) is 0 Å². The van der Waals surface area contributed by atoms with Crippen molar-refractivity contribution in [1.82, 2.24) is 0 Å². The summed E-state index contributed by atoms with van der Waals surface area (Å²) in [6.07, 6.45) is 2.27. The first-order chi connectivity index (χ1) is 11.5. The van der Waals surface area contributed by atoms with Gasteiger partial charge in [-0.3, -0.25) is 0 Å². The maximum absolute atomic E-state index is 12.5. The van der Waals surface area contributed by atoms with Crippen molar-refractivity contribution in [3.8, 4) is 0 Å². The Morgan fingerprint density at radius 3 is 2.08 bits per heavy atom. The molecule has 2 nitrogen and oxygen atoms in total. The highest BCUT2D eigenvalue weighted by Gasteiger charge is 2.33. The van der Waals surface area contributed by atoms with Gasteiger partial charge in [-0.25, -0.2) is 4.79 Å². The van der Waals surface area contributed by atoms with Gasteiger partial charge >= 0.3 is 5.97 Å². The van der Waals surface area contributed by atoms with E-state index in [0.717, 1.165) is 10.8 Å². The van der Waals surface area contributed by atoms with Gasteiger partial charge in [0.2, 0.25) is 0 Å². The molecule has 2 aromatic carbocycles. The van der Waals surface area contributed by atoms with Crippen LogP contribution >= 0.6 is 0 Å². The van der Waals surface area contributed by atoms with Crippen molar-refractivity contribution in [3.63, 3.8) is 0 Å². The van der Waals surface area contributed by atoms with Crippen LogP contribution in [0.15, 0.2) is 78.9 Å². The lowest BCUT2D eigenvalue weighted by molar-refractivity contribution is -0.136. The van der Waals surface area contributed by atoms with Crippen molar-refractivity contribution in [2.24, 2.45) is 0 Å². The summed E-state index contributed by atoms with van der Waals surface area (Å²) < 4.78 is 5.08. The van der Waals surface area contributed by atoms with Crippen molar-refractivity contribution < 1.29 is 9.53 Å². The molecule has 0 aromatic heterocycles. The molecule has 0 atom stereocenters. The van der Waals surface area contributed by atoms with Crippen molar-refractivity contribution in [2.45, 2.75) is 19.5 Å². The summed E-state index contributed by atoms with van der Waals surface area (Å²) in [5, 5.41) is 2.40. The van der Waals surface area contributed by atoms with Gasteiger partial charge in [-0.05, 0) is 17.2 Å². The van der Waals surface area contributed by atoms with Gasteiger partial charge in [-0.2, -0.15) is 0 Å². The van der Waals surface area contributed by atoms with Crippen molar-refractivity contribution >= 4 is 24.4 Å². The first kappa shape index (κ1) is 18.0. The number of carbonyl (C=O) groups excluding carboxylic acids is 1. The van der Waals surface area contributed by atoms with E-state index in [0.29, 0.717) is 12.0 Å². The number of methoxy groups -OCH3 is 1. The first-order valence-electron chi connectivity index (χ1n) is 8.06. The highest BCUT2D eigenvalue weighted by Crippen LogP contribution is 2.31. The standard InChI is InChI=1S/C21H24O2Si/c1-5-12-19(21(22)23-2)20(17-13-8-6-9-14-17)24(3,4)18-15-10-7-11-16-18/h5-11,13-16H,1,12H2,2-4H3/b20-19+. The monoisotopic (exact) mass is 336 g/mol. The second-order valence-corrected chi connectivity index (χ2v) is 10.5. The molecule has 0 amide bonds. The topological polar surface area (TPSA) is 26.3 Å². The molecule has 0 heterocycles. The quantitative estimate of drug-likeness (QED) is 0.339. The van der Waals surface area contributed by atoms with E-state index in [1.165, 1.54) is 12.3 Å². The molecule has 0 spiro atoms. The summed E-state index contributed by atoms with van der Waals surface area (Å²) >= 11 is 0. The lowest BCUT2D eigenvalue weighted by Crippen LogP contribution is -2.44. The van der Waals surface area contributed by atoms with Crippen LogP contribution < -0.4 is 5.19 Å². The molecule has 124 valence electrons. The van der Waals surface area contributed by atoms with E-state index in [-0.39, 0.29) is 5.97 Å². The molecule has 0 saturated heterocycles. The zero-order valence-electron chi connectivity index (χ0n) is 14.6. The third kappa shape index (κ3) is 3.74. The highest BCUT2D eigenvalue weighted by molar-refractivity contribution is 7.05. The van der Waals surface area contributed by atoms with Gasteiger partial charge in [0.05, 0.1) is 7.11 Å². The Labute approximate surface area is 145 Å². The molecule has 0 unspecified atom stereocenters. The molecule has 0 radical (unpaired) electrons. The van der Waals surface area contributed by atoms with Crippen molar-refractivity contribution in [2.75, 3.05) is 7.11 Å². The second-order valence-electron chi connectivity index (χ2n) is 6.19. The lowest BCUT2D eigenvalue weighted by atomic mass is 10.1. The fourth-order valence-corrected chi connectivity index (χ4v) is 6.23. The summed E-state index contributed by atoms with van der Waals surface area (Å²) in [6, 6.07) is 20.6. The van der Waals surface area contributed by atoms with Gasteiger partial charge in [0.15, 0.2) is 0 Å². The second kappa shape index (κ2) is 7.93. The zero-order chi connectivity index (χ0) is 17.6. The molecule has 0 N–H and O–H groups in total. The average Bonchev–Trinajstić information content (AvgIpc) is 2.62. The summed E-state index contributed by atoms with van der Waals surface area (Å²) in [4.78, 5) is 12.5. The smallest absolute Gasteiger partial charge is 0.333 e. The Bertz CT molecular complexity index is 731. The predicted octanol–water partition coefficient (Wildman–Crippen LogP) is 4.34. The first-order valence-corrected chi connectivity index (χ1v) is 11.1. The van der Waals surface area contributed by atoms with Crippen LogP contribution in [0.1, 0.15) is 12.0 Å². The number of hydrogen-bond acceptors (Lipinski definition) is 2. The fraction of sp³-hybridized carbons (Fsp3) is 0.190. The zero-order valence-corrected chi connectivity index (χ0v) is 15.6. The van der Waals surface area contributed by atoms with Crippen LogP contribution in [0.4, 0.5) is 0 Å². The minimum absolute atomic E-state index is 0.273. The molecule has 0 aliphatic heterocycles. The van der Waals surface area contributed by atoms with E-state index in [1.54, 1.807) is 6.08 Å². The van der Waals surface area contributed by atoms with E-state index < -0.39 is 8.07 Å². The van der Waals surface area contributed by atoms with Crippen LogP contribution in [-0.4, -0.2) is 21.2 Å². The van der Waals surface area contributed by atoms with Gasteiger partial charge in [-0.15, -0.1) is 6.58 Å². The van der Waals surface area contributed by atoms with Crippen LogP contribution in [0.25, 0.3) is 5.20 Å². The third-order valence-electron chi connectivity index (χ3n) is 4.26. The Morgan fingerprint density at radius 2 is 1.58 bits per heavy atom. The Morgan fingerprint density at radius 1 is 1.04 bits per heavy atom. The number of carbonyl (C=O) groups is 1. The molecular weight excluding hydrogens is 312 g/mol. The number of ether oxygens (including phenoxy) is 1. The molecular formula is C21H24O2Si. The summed E-state index contributed by atoms with van der Waals surface area (Å²) in [6.45, 7) is 8.37. The van der Waals surface area contributed by atoms with Gasteiger partial charge in [0.1, 0.15) is 8.07 Å². The van der Waals surface area contributed by atoms with Gasteiger partial charge in [-0.1, -0.05) is 85.0 Å². The third-order valence-corrected chi connectivity index (χ3v) is 7.88. The van der Waals surface area contributed by atoms with Crippen LogP contribution in [0.3, 0.4) is 0 Å². The molecule has 0 saturated carbocycles. The molecule has 2 aromatic rings. The van der Waals surface area contributed by atoms with Crippen LogP contribution in [0.2, 0.25) is 13.1 Å². The van der Waals surface area contributed by atoms with Crippen LogP contribution in [-0.2, 0) is 9.53 Å². The molecule has 0 aliphatic rings. The number of hydrogen-bond donors (Lipinski definition) is 0. The minimum atomic E-state index is -2.10. The minimum Gasteiger partial charge on any atom is -0.466 e. The number of rotatable bonds is 6. The summed E-state index contributed by atoms with van der Waals surface area (Å²) in [5.41, 5.74) is 1.79. The molecule has 2 rings (SSSR count). The maximum atomic E-state index is 12.5.